The van der Waals surface area contributed by atoms with E-state index >= 15 is 0 Å². The number of carbonyl (C=O) groups is 1. The van der Waals surface area contributed by atoms with Gasteiger partial charge in [-0.3, -0.25) is 4.79 Å². The van der Waals surface area contributed by atoms with Gasteiger partial charge in [0, 0.05) is 13.0 Å². The Morgan fingerprint density at radius 3 is 2.55 bits per heavy atom. The van der Waals surface area contributed by atoms with Gasteiger partial charge in [-0.1, -0.05) is 11.3 Å². The highest BCUT2D eigenvalue weighted by Gasteiger charge is 2.15. The van der Waals surface area contributed by atoms with Gasteiger partial charge in [0.1, 0.15) is 11.5 Å². The second kappa shape index (κ2) is 9.21. The van der Waals surface area contributed by atoms with Crippen molar-refractivity contribution in [2.75, 3.05) is 25.6 Å². The summed E-state index contributed by atoms with van der Waals surface area (Å²) in [6.07, 6.45) is -0.0183. The van der Waals surface area contributed by atoms with E-state index in [-0.39, 0.29) is 23.8 Å². The maximum Gasteiger partial charge on any atom is 0.240 e. The molecule has 1 aromatic heterocycles. The lowest BCUT2D eigenvalue weighted by Crippen LogP contribution is -2.27. The zero-order valence-electron chi connectivity index (χ0n) is 16.0. The molecule has 0 fully saturated rings. The molecule has 10 heteroatoms. The monoisotopic (exact) mass is 435 g/mol. The van der Waals surface area contributed by atoms with E-state index in [1.807, 2.05) is 25.1 Å². The summed E-state index contributed by atoms with van der Waals surface area (Å²) in [5.41, 5.74) is 0.758. The van der Waals surface area contributed by atoms with Gasteiger partial charge in [-0.25, -0.2) is 18.1 Å². The van der Waals surface area contributed by atoms with Crippen LogP contribution in [0.4, 0.5) is 5.13 Å². The Labute approximate surface area is 172 Å². The van der Waals surface area contributed by atoms with Crippen LogP contribution in [-0.2, 0) is 14.8 Å². The fourth-order valence-corrected chi connectivity index (χ4v) is 4.48. The molecular formula is C19H21N3O5S2. The lowest BCUT2D eigenvalue weighted by Gasteiger charge is -2.07. The van der Waals surface area contributed by atoms with Crippen molar-refractivity contribution in [1.29, 1.82) is 0 Å². The number of aromatic nitrogens is 1. The minimum Gasteiger partial charge on any atom is -0.497 e. The highest BCUT2D eigenvalue weighted by atomic mass is 32.2. The molecule has 154 valence electrons. The number of thiazole rings is 1. The summed E-state index contributed by atoms with van der Waals surface area (Å²) in [4.78, 5) is 16.6. The lowest BCUT2D eigenvalue weighted by molar-refractivity contribution is -0.116. The molecule has 0 unspecified atom stereocenters. The number of benzene rings is 2. The lowest BCUT2D eigenvalue weighted by atomic mass is 10.3. The molecule has 0 atom stereocenters. The van der Waals surface area contributed by atoms with Crippen molar-refractivity contribution in [1.82, 2.24) is 9.71 Å². The number of hydrogen-bond donors (Lipinski definition) is 2. The van der Waals surface area contributed by atoms with Crippen LogP contribution in [0.1, 0.15) is 13.3 Å². The number of methoxy groups -OCH3 is 1. The first-order valence-corrected chi connectivity index (χ1v) is 11.2. The zero-order chi connectivity index (χ0) is 20.9. The molecule has 0 spiro atoms. The van der Waals surface area contributed by atoms with Crippen LogP contribution in [0.15, 0.2) is 47.4 Å². The second-order valence-corrected chi connectivity index (χ2v) is 8.75. The minimum absolute atomic E-state index is 0.0183. The van der Waals surface area contributed by atoms with Crippen molar-refractivity contribution < 1.29 is 22.7 Å². The fraction of sp³-hybridized carbons (Fsp3) is 0.263. The smallest absolute Gasteiger partial charge is 0.240 e. The highest BCUT2D eigenvalue weighted by molar-refractivity contribution is 7.89. The van der Waals surface area contributed by atoms with Gasteiger partial charge in [-0.05, 0) is 49.4 Å². The first-order chi connectivity index (χ1) is 13.9. The van der Waals surface area contributed by atoms with Gasteiger partial charge in [0.2, 0.25) is 15.9 Å². The van der Waals surface area contributed by atoms with Gasteiger partial charge in [0.25, 0.3) is 0 Å². The Balaban J connectivity index is 1.54. The fourth-order valence-electron chi connectivity index (χ4n) is 2.53. The van der Waals surface area contributed by atoms with Gasteiger partial charge in [0.05, 0.1) is 28.8 Å². The summed E-state index contributed by atoms with van der Waals surface area (Å²) in [6, 6.07) is 11.5. The minimum atomic E-state index is -3.70. The molecule has 8 nitrogen and oxygen atoms in total. The molecule has 0 aliphatic heterocycles. The molecule has 0 aliphatic carbocycles. The molecule has 1 amide bonds. The van der Waals surface area contributed by atoms with E-state index in [9.17, 15) is 13.2 Å². The second-order valence-electron chi connectivity index (χ2n) is 5.95. The molecule has 3 aromatic rings. The number of sulfonamides is 1. The molecule has 0 saturated carbocycles. The number of anilines is 1. The maximum absolute atomic E-state index is 12.3. The molecule has 1 heterocycles. The van der Waals surface area contributed by atoms with Crippen molar-refractivity contribution in [3.63, 3.8) is 0 Å². The Kier molecular flexibility index (Phi) is 6.68. The number of ether oxygens (including phenoxy) is 2. The topological polar surface area (TPSA) is 107 Å². The number of fused-ring (bicyclic) bond motifs is 1. The van der Waals surface area contributed by atoms with Gasteiger partial charge >= 0.3 is 0 Å². The van der Waals surface area contributed by atoms with Crippen LogP contribution >= 0.6 is 11.3 Å². The van der Waals surface area contributed by atoms with Crippen molar-refractivity contribution in [2.24, 2.45) is 0 Å². The summed E-state index contributed by atoms with van der Waals surface area (Å²) in [5, 5.41) is 3.16. The Bertz CT molecular complexity index is 1090. The number of nitrogens with zero attached hydrogens (tertiary/aromatic N) is 1. The molecule has 2 aromatic carbocycles. The van der Waals surface area contributed by atoms with E-state index in [2.05, 4.69) is 15.0 Å². The predicted molar refractivity (Wildman–Crippen MR) is 112 cm³/mol. The van der Waals surface area contributed by atoms with Gasteiger partial charge in [-0.15, -0.1) is 0 Å². The van der Waals surface area contributed by atoms with Crippen LogP contribution < -0.4 is 19.5 Å². The van der Waals surface area contributed by atoms with E-state index in [1.165, 1.54) is 30.6 Å². The number of amides is 1. The number of rotatable bonds is 9. The highest BCUT2D eigenvalue weighted by Crippen LogP contribution is 2.29. The number of nitrogens with one attached hydrogen (secondary N) is 2. The number of hydrogen-bond acceptors (Lipinski definition) is 7. The van der Waals surface area contributed by atoms with E-state index < -0.39 is 10.0 Å². The SMILES string of the molecule is CCOc1ccc2nc(NC(=O)CCNS(=O)(=O)c3ccc(OC)cc3)sc2c1. The van der Waals surface area contributed by atoms with E-state index in [1.54, 1.807) is 12.1 Å². The molecule has 29 heavy (non-hydrogen) atoms. The third-order valence-electron chi connectivity index (χ3n) is 3.93. The predicted octanol–water partition coefficient (Wildman–Crippen LogP) is 3.01. The average Bonchev–Trinajstić information content (AvgIpc) is 3.09. The maximum atomic E-state index is 12.3. The van der Waals surface area contributed by atoms with Crippen LogP contribution in [0.5, 0.6) is 11.5 Å². The van der Waals surface area contributed by atoms with E-state index in [0.717, 1.165) is 16.0 Å². The van der Waals surface area contributed by atoms with Gasteiger partial charge in [0.15, 0.2) is 5.13 Å². The van der Waals surface area contributed by atoms with Crippen molar-refractivity contribution >= 4 is 42.6 Å². The third kappa shape index (κ3) is 5.43. The Morgan fingerprint density at radius 1 is 1.14 bits per heavy atom. The van der Waals surface area contributed by atoms with Crippen molar-refractivity contribution in [3.8, 4) is 11.5 Å². The van der Waals surface area contributed by atoms with Crippen LogP contribution in [0.3, 0.4) is 0 Å². The van der Waals surface area contributed by atoms with Crippen molar-refractivity contribution in [2.45, 2.75) is 18.2 Å². The molecular weight excluding hydrogens is 414 g/mol. The standard InChI is InChI=1S/C19H21N3O5S2/c1-3-27-14-6-9-16-17(12-14)28-19(21-16)22-18(23)10-11-20-29(24,25)15-7-4-13(26-2)5-8-15/h4-9,12,20H,3,10-11H2,1-2H3,(H,21,22,23). The van der Waals surface area contributed by atoms with Crippen LogP contribution in [-0.4, -0.2) is 39.6 Å². The average molecular weight is 436 g/mol. The molecule has 0 bridgehead atoms. The molecule has 0 aliphatic rings. The van der Waals surface area contributed by atoms with Crippen molar-refractivity contribution in [3.05, 3.63) is 42.5 Å². The van der Waals surface area contributed by atoms with Gasteiger partial charge < -0.3 is 14.8 Å². The van der Waals surface area contributed by atoms with Crippen LogP contribution in [0, 0.1) is 0 Å². The summed E-state index contributed by atoms with van der Waals surface area (Å²) in [5.74, 6) is 0.980. The Morgan fingerprint density at radius 2 is 1.86 bits per heavy atom. The normalized spacial score (nSPS) is 11.4. The first-order valence-electron chi connectivity index (χ1n) is 8.88. The zero-order valence-corrected chi connectivity index (χ0v) is 17.6. The molecule has 0 radical (unpaired) electrons. The van der Waals surface area contributed by atoms with E-state index in [4.69, 9.17) is 9.47 Å². The van der Waals surface area contributed by atoms with Gasteiger partial charge in [-0.2, -0.15) is 0 Å². The van der Waals surface area contributed by atoms with Crippen LogP contribution in [0.2, 0.25) is 0 Å². The molecule has 0 saturated heterocycles. The molecule has 3 rings (SSSR count). The summed E-state index contributed by atoms with van der Waals surface area (Å²) in [6.45, 7) is 2.45. The van der Waals surface area contributed by atoms with Crippen LogP contribution in [0.25, 0.3) is 10.2 Å². The largest absolute Gasteiger partial charge is 0.497 e. The Hall–Kier alpha value is -2.69. The van der Waals surface area contributed by atoms with E-state index in [0.29, 0.717) is 17.5 Å². The first kappa shape index (κ1) is 21.0. The summed E-state index contributed by atoms with van der Waals surface area (Å²) < 4.78 is 38.3. The third-order valence-corrected chi connectivity index (χ3v) is 6.34. The summed E-state index contributed by atoms with van der Waals surface area (Å²) >= 11 is 1.33. The molecule has 2 N–H and O–H groups in total. The number of carbonyl (C=O) groups excluding carboxylic acids is 1. The summed E-state index contributed by atoms with van der Waals surface area (Å²) in [7, 11) is -2.19. The quantitative estimate of drug-likeness (QED) is 0.535.